The number of carbonyl (C=O) groups excluding carboxylic acids is 1. The van der Waals surface area contributed by atoms with Crippen LogP contribution in [0.1, 0.15) is 19.8 Å². The average Bonchev–Trinajstić information content (AvgIpc) is 3.28. The van der Waals surface area contributed by atoms with Crippen LogP contribution in [0.15, 0.2) is 36.5 Å². The van der Waals surface area contributed by atoms with E-state index in [0.29, 0.717) is 5.95 Å². The lowest BCUT2D eigenvalue weighted by molar-refractivity contribution is -0.129. The average molecular weight is 435 g/mol. The highest BCUT2D eigenvalue weighted by Gasteiger charge is 2.22. The van der Waals surface area contributed by atoms with Gasteiger partial charge in [0.25, 0.3) is 0 Å². The van der Waals surface area contributed by atoms with Gasteiger partial charge in [-0.2, -0.15) is 9.97 Å². The van der Waals surface area contributed by atoms with E-state index >= 15 is 0 Å². The lowest BCUT2D eigenvalue weighted by Crippen LogP contribution is -2.48. The summed E-state index contributed by atoms with van der Waals surface area (Å²) >= 11 is 0. The maximum absolute atomic E-state index is 11.5. The van der Waals surface area contributed by atoms with E-state index in [0.717, 1.165) is 80.3 Å². The molecule has 1 atom stereocenters. The van der Waals surface area contributed by atoms with Gasteiger partial charge in [0, 0.05) is 69.8 Å². The Bertz CT molecular complexity index is 1090. The van der Waals surface area contributed by atoms with Crippen molar-refractivity contribution in [3.63, 3.8) is 0 Å². The Morgan fingerprint density at radius 3 is 2.56 bits per heavy atom. The molecule has 1 aromatic carbocycles. The molecule has 0 saturated carbocycles. The zero-order valence-electron chi connectivity index (χ0n) is 18.4. The second kappa shape index (κ2) is 8.66. The molecule has 4 N–H and O–H groups in total. The molecule has 2 aromatic heterocycles. The van der Waals surface area contributed by atoms with Crippen molar-refractivity contribution >= 4 is 40.1 Å². The minimum absolute atomic E-state index is 0.147. The van der Waals surface area contributed by atoms with Gasteiger partial charge in [-0.25, -0.2) is 0 Å². The van der Waals surface area contributed by atoms with Gasteiger partial charge in [0.1, 0.15) is 11.5 Å². The molecule has 2 aliphatic heterocycles. The highest BCUT2D eigenvalue weighted by molar-refractivity contribution is 5.89. The Morgan fingerprint density at radius 1 is 1.06 bits per heavy atom. The molecule has 2 saturated heterocycles. The zero-order chi connectivity index (χ0) is 22.1. The minimum Gasteiger partial charge on any atom is -0.368 e. The summed E-state index contributed by atoms with van der Waals surface area (Å²) in [6, 6.07) is 10.5. The SMILES string of the molecule is CC(=O)N1CCN(c2ccc(Nc3nc(N4CCC[C@H](N)C4)c4cc[nH]c4n3)cc2)CC1. The number of aromatic amines is 1. The number of hydrogen-bond donors (Lipinski definition) is 3. The van der Waals surface area contributed by atoms with E-state index in [-0.39, 0.29) is 11.9 Å². The first-order valence-electron chi connectivity index (χ1n) is 11.3. The fraction of sp³-hybridized carbons (Fsp3) is 0.435. The number of anilines is 4. The molecule has 168 valence electrons. The van der Waals surface area contributed by atoms with Crippen molar-refractivity contribution in [2.45, 2.75) is 25.8 Å². The highest BCUT2D eigenvalue weighted by Crippen LogP contribution is 2.28. The van der Waals surface area contributed by atoms with Crippen LogP contribution >= 0.6 is 0 Å². The maximum atomic E-state index is 11.5. The first kappa shape index (κ1) is 20.6. The van der Waals surface area contributed by atoms with E-state index in [1.807, 2.05) is 29.3 Å². The van der Waals surface area contributed by atoms with Crippen LogP contribution in [0.5, 0.6) is 0 Å². The third-order valence-electron chi connectivity index (χ3n) is 6.37. The van der Waals surface area contributed by atoms with Gasteiger partial charge in [-0.05, 0) is 43.2 Å². The number of nitrogens with zero attached hydrogens (tertiary/aromatic N) is 5. The smallest absolute Gasteiger partial charge is 0.231 e. The summed E-state index contributed by atoms with van der Waals surface area (Å²) < 4.78 is 0. The quantitative estimate of drug-likeness (QED) is 0.578. The van der Waals surface area contributed by atoms with Crippen LogP contribution in [0.3, 0.4) is 0 Å². The number of benzene rings is 1. The Morgan fingerprint density at radius 2 is 1.84 bits per heavy atom. The van der Waals surface area contributed by atoms with E-state index in [1.165, 1.54) is 0 Å². The van der Waals surface area contributed by atoms with Crippen LogP contribution < -0.4 is 20.9 Å². The first-order chi connectivity index (χ1) is 15.6. The van der Waals surface area contributed by atoms with Gasteiger partial charge >= 0.3 is 0 Å². The van der Waals surface area contributed by atoms with Crippen LogP contribution in [0.2, 0.25) is 0 Å². The van der Waals surface area contributed by atoms with Crippen LogP contribution in [0.4, 0.5) is 23.1 Å². The van der Waals surface area contributed by atoms with Gasteiger partial charge in [-0.3, -0.25) is 4.79 Å². The molecule has 0 bridgehead atoms. The van der Waals surface area contributed by atoms with Gasteiger partial charge in [-0.1, -0.05) is 0 Å². The predicted molar refractivity (Wildman–Crippen MR) is 128 cm³/mol. The number of aromatic nitrogens is 3. The number of nitrogens with one attached hydrogen (secondary N) is 2. The van der Waals surface area contributed by atoms with Crippen LogP contribution in [-0.4, -0.2) is 71.1 Å². The fourth-order valence-corrected chi connectivity index (χ4v) is 4.59. The minimum atomic E-state index is 0.147. The maximum Gasteiger partial charge on any atom is 0.231 e. The molecule has 4 heterocycles. The van der Waals surface area contributed by atoms with Crippen molar-refractivity contribution in [1.82, 2.24) is 19.9 Å². The van der Waals surface area contributed by atoms with E-state index < -0.39 is 0 Å². The molecule has 2 aliphatic rings. The lowest BCUT2D eigenvalue weighted by Gasteiger charge is -2.35. The monoisotopic (exact) mass is 434 g/mol. The molecule has 5 rings (SSSR count). The molecule has 0 unspecified atom stereocenters. The predicted octanol–water partition coefficient (Wildman–Crippen LogP) is 2.30. The van der Waals surface area contributed by atoms with Crippen LogP contribution in [0, 0.1) is 0 Å². The standard InChI is InChI=1S/C23H30N8O/c1-16(32)29-11-13-30(14-12-29)19-6-4-18(5-7-19)26-23-27-21-20(8-9-25-21)22(28-23)31-10-2-3-17(24)15-31/h4-9,17H,2-3,10-15,24H2,1H3,(H2,25,26,27,28)/t17-/m0/s1. The molecule has 3 aromatic rings. The molecule has 32 heavy (non-hydrogen) atoms. The molecule has 9 nitrogen and oxygen atoms in total. The second-order valence-electron chi connectivity index (χ2n) is 8.62. The number of H-pyrrole nitrogens is 1. The van der Waals surface area contributed by atoms with Gasteiger partial charge in [0.2, 0.25) is 11.9 Å². The Hall–Kier alpha value is -3.33. The molecular formula is C23H30N8O. The summed E-state index contributed by atoms with van der Waals surface area (Å²) in [6.07, 6.45) is 4.03. The van der Waals surface area contributed by atoms with Gasteiger partial charge in [0.05, 0.1) is 5.39 Å². The Balaban J connectivity index is 1.32. The molecule has 0 spiro atoms. The fourth-order valence-electron chi connectivity index (χ4n) is 4.59. The zero-order valence-corrected chi connectivity index (χ0v) is 18.4. The molecule has 1 amide bonds. The first-order valence-corrected chi connectivity index (χ1v) is 11.3. The number of hydrogen-bond acceptors (Lipinski definition) is 7. The van der Waals surface area contributed by atoms with Crippen molar-refractivity contribution in [1.29, 1.82) is 0 Å². The summed E-state index contributed by atoms with van der Waals surface area (Å²) in [6.45, 7) is 6.62. The van der Waals surface area contributed by atoms with E-state index in [1.54, 1.807) is 6.92 Å². The van der Waals surface area contributed by atoms with Gasteiger partial charge in [0.15, 0.2) is 0 Å². The molecule has 2 fully saturated rings. The third kappa shape index (κ3) is 4.20. The van der Waals surface area contributed by atoms with E-state index in [2.05, 4.69) is 37.2 Å². The molecule has 0 radical (unpaired) electrons. The summed E-state index contributed by atoms with van der Waals surface area (Å²) in [5.74, 6) is 1.64. The lowest BCUT2D eigenvalue weighted by atomic mass is 10.1. The summed E-state index contributed by atoms with van der Waals surface area (Å²) in [5, 5.41) is 4.38. The van der Waals surface area contributed by atoms with Crippen molar-refractivity contribution < 1.29 is 4.79 Å². The topological polar surface area (TPSA) is 106 Å². The van der Waals surface area contributed by atoms with Gasteiger partial charge in [-0.15, -0.1) is 0 Å². The van der Waals surface area contributed by atoms with Crippen LogP contribution in [-0.2, 0) is 4.79 Å². The Kier molecular flexibility index (Phi) is 5.57. The second-order valence-corrected chi connectivity index (χ2v) is 8.62. The van der Waals surface area contributed by atoms with Crippen LogP contribution in [0.25, 0.3) is 11.0 Å². The third-order valence-corrected chi connectivity index (χ3v) is 6.37. The molecule has 9 heteroatoms. The van der Waals surface area contributed by atoms with E-state index in [9.17, 15) is 4.79 Å². The summed E-state index contributed by atoms with van der Waals surface area (Å²) in [7, 11) is 0. The number of piperidine rings is 1. The highest BCUT2D eigenvalue weighted by atomic mass is 16.2. The van der Waals surface area contributed by atoms with Crippen molar-refractivity contribution in [2.24, 2.45) is 5.73 Å². The summed E-state index contributed by atoms with van der Waals surface area (Å²) in [4.78, 5) is 30.7. The van der Waals surface area contributed by atoms with Crippen molar-refractivity contribution in [2.75, 3.05) is 54.4 Å². The molecule has 0 aliphatic carbocycles. The molecular weight excluding hydrogens is 404 g/mol. The number of carbonyl (C=O) groups is 1. The summed E-state index contributed by atoms with van der Waals surface area (Å²) in [5.41, 5.74) is 9.11. The number of rotatable bonds is 4. The van der Waals surface area contributed by atoms with Crippen molar-refractivity contribution in [3.8, 4) is 0 Å². The van der Waals surface area contributed by atoms with E-state index in [4.69, 9.17) is 10.7 Å². The van der Waals surface area contributed by atoms with Crippen molar-refractivity contribution in [3.05, 3.63) is 36.5 Å². The number of piperazine rings is 1. The Labute approximate surface area is 187 Å². The number of nitrogens with two attached hydrogens (primary N) is 1. The number of amides is 1. The normalized spacial score (nSPS) is 19.4. The number of fused-ring (bicyclic) bond motifs is 1. The largest absolute Gasteiger partial charge is 0.368 e. The van der Waals surface area contributed by atoms with Gasteiger partial charge < -0.3 is 30.7 Å².